The molecule has 0 bridgehead atoms. The summed E-state index contributed by atoms with van der Waals surface area (Å²) in [6.45, 7) is 5.93. The number of rotatable bonds is 11. The van der Waals surface area contributed by atoms with Gasteiger partial charge in [-0.1, -0.05) is 30.3 Å². The molecular weight excluding hydrogens is 421 g/mol. The molecule has 0 saturated heterocycles. The Balaban J connectivity index is 0.00000484. The topological polar surface area (TPSA) is 45.7 Å². The predicted molar refractivity (Wildman–Crippen MR) is 113 cm³/mol. The Kier molecular flexibility index (Phi) is 16.1. The second kappa shape index (κ2) is 16.4. The number of nitrogens with one attached hydrogen (secondary N) is 2. The van der Waals surface area contributed by atoms with Crippen LogP contribution < -0.4 is 10.6 Å². The van der Waals surface area contributed by atoms with Gasteiger partial charge in [0, 0.05) is 19.6 Å². The first-order valence-corrected chi connectivity index (χ1v) is 9.39. The molecule has 0 unspecified atom stereocenters. The highest BCUT2D eigenvalue weighted by molar-refractivity contribution is 14.0. The van der Waals surface area contributed by atoms with E-state index in [0.29, 0.717) is 13.2 Å². The van der Waals surface area contributed by atoms with Crippen LogP contribution in [-0.4, -0.2) is 44.2 Å². The van der Waals surface area contributed by atoms with Gasteiger partial charge in [-0.15, -0.1) is 24.0 Å². The van der Waals surface area contributed by atoms with Gasteiger partial charge in [-0.3, -0.25) is 4.99 Å². The molecule has 2 N–H and O–H groups in total. The summed E-state index contributed by atoms with van der Waals surface area (Å²) >= 11 is 1.89. The third kappa shape index (κ3) is 12.6. The van der Waals surface area contributed by atoms with Crippen LogP contribution in [0.3, 0.4) is 0 Å². The van der Waals surface area contributed by atoms with Gasteiger partial charge in [0.1, 0.15) is 0 Å². The smallest absolute Gasteiger partial charge is 0.191 e. The first-order valence-electron chi connectivity index (χ1n) is 7.99. The van der Waals surface area contributed by atoms with Crippen LogP contribution >= 0.6 is 35.7 Å². The molecule has 0 aromatic heterocycles. The van der Waals surface area contributed by atoms with E-state index in [4.69, 9.17) is 4.74 Å². The summed E-state index contributed by atoms with van der Waals surface area (Å²) in [4.78, 5) is 4.57. The van der Waals surface area contributed by atoms with Crippen molar-refractivity contribution >= 4 is 41.7 Å². The monoisotopic (exact) mass is 451 g/mol. The van der Waals surface area contributed by atoms with Gasteiger partial charge in [-0.05, 0) is 37.3 Å². The quantitative estimate of drug-likeness (QED) is 0.234. The molecule has 0 saturated carbocycles. The van der Waals surface area contributed by atoms with E-state index in [-0.39, 0.29) is 24.0 Å². The van der Waals surface area contributed by atoms with Crippen LogP contribution in [0.4, 0.5) is 0 Å². The molecule has 132 valence electrons. The fourth-order valence-corrected chi connectivity index (χ4v) is 2.39. The molecule has 0 heterocycles. The Morgan fingerprint density at radius 3 is 2.65 bits per heavy atom. The highest BCUT2D eigenvalue weighted by Gasteiger charge is 1.97. The Labute approximate surface area is 162 Å². The standard InChI is InChI=1S/C17H29N3OS.HI/c1-3-18-17(19-11-7-8-14-22-2)20-12-13-21-15-16-9-5-4-6-10-16;/h4-6,9-10H,3,7-8,11-15H2,1-2H3,(H2,18,19,20);1H. The van der Waals surface area contributed by atoms with Gasteiger partial charge in [0.25, 0.3) is 0 Å². The summed E-state index contributed by atoms with van der Waals surface area (Å²) in [7, 11) is 0. The average Bonchev–Trinajstić information content (AvgIpc) is 2.55. The highest BCUT2D eigenvalue weighted by Crippen LogP contribution is 2.00. The molecule has 0 aliphatic rings. The molecule has 0 atom stereocenters. The number of unbranched alkanes of at least 4 members (excludes halogenated alkanes) is 1. The number of guanidine groups is 1. The molecular formula is C17H30IN3OS. The van der Waals surface area contributed by atoms with E-state index in [9.17, 15) is 0 Å². The van der Waals surface area contributed by atoms with E-state index in [1.54, 1.807) is 0 Å². The van der Waals surface area contributed by atoms with Crippen molar-refractivity contribution in [2.24, 2.45) is 4.99 Å². The Morgan fingerprint density at radius 1 is 1.17 bits per heavy atom. The summed E-state index contributed by atoms with van der Waals surface area (Å²) < 4.78 is 5.66. The lowest BCUT2D eigenvalue weighted by Gasteiger charge is -2.11. The maximum absolute atomic E-state index is 5.66. The van der Waals surface area contributed by atoms with Crippen LogP contribution in [0.1, 0.15) is 25.3 Å². The first-order chi connectivity index (χ1) is 10.9. The molecule has 6 heteroatoms. The largest absolute Gasteiger partial charge is 0.375 e. The van der Waals surface area contributed by atoms with E-state index in [2.05, 4.69) is 40.9 Å². The minimum absolute atomic E-state index is 0. The molecule has 4 nitrogen and oxygen atoms in total. The van der Waals surface area contributed by atoms with E-state index >= 15 is 0 Å². The van der Waals surface area contributed by atoms with Crippen molar-refractivity contribution in [1.82, 2.24) is 10.6 Å². The van der Waals surface area contributed by atoms with E-state index in [1.165, 1.54) is 17.7 Å². The van der Waals surface area contributed by atoms with Gasteiger partial charge in [0.2, 0.25) is 0 Å². The van der Waals surface area contributed by atoms with Crippen LogP contribution in [0.2, 0.25) is 0 Å². The predicted octanol–water partition coefficient (Wildman–Crippen LogP) is 3.52. The number of thioether (sulfide) groups is 1. The van der Waals surface area contributed by atoms with Crippen LogP contribution in [0.5, 0.6) is 0 Å². The molecule has 23 heavy (non-hydrogen) atoms. The molecule has 0 fully saturated rings. The highest BCUT2D eigenvalue weighted by atomic mass is 127. The molecule has 0 radical (unpaired) electrons. The number of benzene rings is 1. The van der Waals surface area contributed by atoms with Crippen molar-refractivity contribution in [2.45, 2.75) is 26.4 Å². The minimum atomic E-state index is 0. The fraction of sp³-hybridized carbons (Fsp3) is 0.588. The third-order valence-corrected chi connectivity index (χ3v) is 3.72. The number of ether oxygens (including phenoxy) is 1. The molecule has 0 aliphatic carbocycles. The first kappa shape index (κ1) is 22.5. The summed E-state index contributed by atoms with van der Waals surface area (Å²) in [6.07, 6.45) is 4.51. The maximum atomic E-state index is 5.66. The van der Waals surface area contributed by atoms with Crippen LogP contribution in [0.25, 0.3) is 0 Å². The number of hydrogen-bond donors (Lipinski definition) is 2. The lowest BCUT2D eigenvalue weighted by Crippen LogP contribution is -2.39. The zero-order valence-corrected chi connectivity index (χ0v) is 17.4. The van der Waals surface area contributed by atoms with Gasteiger partial charge in [-0.25, -0.2) is 0 Å². The zero-order chi connectivity index (χ0) is 15.9. The van der Waals surface area contributed by atoms with Crippen molar-refractivity contribution < 1.29 is 4.74 Å². The molecule has 1 aromatic carbocycles. The van der Waals surface area contributed by atoms with Crippen molar-refractivity contribution in [2.75, 3.05) is 38.2 Å². The van der Waals surface area contributed by atoms with E-state index < -0.39 is 0 Å². The minimum Gasteiger partial charge on any atom is -0.375 e. The average molecular weight is 451 g/mol. The Morgan fingerprint density at radius 2 is 1.96 bits per heavy atom. The van der Waals surface area contributed by atoms with Crippen LogP contribution in [0.15, 0.2) is 35.3 Å². The molecule has 0 amide bonds. The number of nitrogens with zero attached hydrogens (tertiary/aromatic N) is 1. The molecule has 1 aromatic rings. The van der Waals surface area contributed by atoms with E-state index in [0.717, 1.165) is 32.0 Å². The number of hydrogen-bond acceptors (Lipinski definition) is 3. The Hall–Kier alpha value is -0.470. The van der Waals surface area contributed by atoms with Crippen LogP contribution in [-0.2, 0) is 11.3 Å². The number of halogens is 1. The fourth-order valence-electron chi connectivity index (χ4n) is 1.90. The van der Waals surface area contributed by atoms with Crippen molar-refractivity contribution in [3.63, 3.8) is 0 Å². The van der Waals surface area contributed by atoms with Gasteiger partial charge in [0.15, 0.2) is 5.96 Å². The van der Waals surface area contributed by atoms with Gasteiger partial charge < -0.3 is 15.4 Å². The third-order valence-electron chi connectivity index (χ3n) is 3.02. The van der Waals surface area contributed by atoms with E-state index in [1.807, 2.05) is 30.0 Å². The SMILES string of the molecule is CCNC(=NCCCCSC)NCCOCc1ccccc1.I. The van der Waals surface area contributed by atoms with Crippen molar-refractivity contribution in [1.29, 1.82) is 0 Å². The zero-order valence-electron chi connectivity index (χ0n) is 14.2. The maximum Gasteiger partial charge on any atom is 0.191 e. The van der Waals surface area contributed by atoms with Crippen molar-refractivity contribution in [3.8, 4) is 0 Å². The van der Waals surface area contributed by atoms with Crippen LogP contribution in [0, 0.1) is 0 Å². The second-order valence-electron chi connectivity index (χ2n) is 4.93. The summed E-state index contributed by atoms with van der Waals surface area (Å²) in [5, 5.41) is 6.57. The number of aliphatic imine (C=N–C) groups is 1. The Bertz CT molecular complexity index is 404. The summed E-state index contributed by atoms with van der Waals surface area (Å²) in [5.74, 6) is 2.10. The van der Waals surface area contributed by atoms with Gasteiger partial charge in [-0.2, -0.15) is 11.8 Å². The summed E-state index contributed by atoms with van der Waals surface area (Å²) in [6, 6.07) is 10.2. The normalized spacial score (nSPS) is 11.0. The lowest BCUT2D eigenvalue weighted by molar-refractivity contribution is 0.125. The summed E-state index contributed by atoms with van der Waals surface area (Å²) in [5.41, 5.74) is 1.21. The van der Waals surface area contributed by atoms with Crippen molar-refractivity contribution in [3.05, 3.63) is 35.9 Å². The second-order valence-corrected chi connectivity index (χ2v) is 5.91. The lowest BCUT2D eigenvalue weighted by atomic mass is 10.2. The molecule has 0 aliphatic heterocycles. The molecule has 1 rings (SSSR count). The molecule has 0 spiro atoms. The van der Waals surface area contributed by atoms with Gasteiger partial charge >= 0.3 is 0 Å². The van der Waals surface area contributed by atoms with Gasteiger partial charge in [0.05, 0.1) is 13.2 Å².